The number of rotatable bonds is 2. The Morgan fingerprint density at radius 1 is 1.27 bits per heavy atom. The van der Waals surface area contributed by atoms with E-state index in [2.05, 4.69) is 0 Å². The van der Waals surface area contributed by atoms with Crippen LogP contribution in [0.25, 0.3) is 0 Å². The molecular formula is C11H15NO2S. The Hall–Kier alpha value is -0.870. The summed E-state index contributed by atoms with van der Waals surface area (Å²) in [5.74, 6) is 0. The molecule has 1 fully saturated rings. The van der Waals surface area contributed by atoms with Crippen molar-refractivity contribution in [1.29, 1.82) is 0 Å². The summed E-state index contributed by atoms with van der Waals surface area (Å²) >= 11 is 0. The monoisotopic (exact) mass is 225 g/mol. The molecule has 0 spiro atoms. The maximum absolute atomic E-state index is 12.2. The molecule has 0 unspecified atom stereocenters. The highest BCUT2D eigenvalue weighted by Gasteiger charge is 2.32. The Morgan fingerprint density at radius 2 is 1.93 bits per heavy atom. The second-order valence-electron chi connectivity index (χ2n) is 3.92. The zero-order chi connectivity index (χ0) is 10.9. The van der Waals surface area contributed by atoms with Gasteiger partial charge in [-0.25, -0.2) is 8.42 Å². The zero-order valence-corrected chi connectivity index (χ0v) is 9.57. The van der Waals surface area contributed by atoms with Crippen LogP contribution in [0, 0.1) is 0 Å². The fourth-order valence-electron chi connectivity index (χ4n) is 1.99. The van der Waals surface area contributed by atoms with Crippen molar-refractivity contribution in [3.63, 3.8) is 0 Å². The van der Waals surface area contributed by atoms with Gasteiger partial charge in [0.2, 0.25) is 10.0 Å². The van der Waals surface area contributed by atoms with Gasteiger partial charge in [-0.2, -0.15) is 4.31 Å². The second-order valence-corrected chi connectivity index (χ2v) is 5.81. The van der Waals surface area contributed by atoms with Gasteiger partial charge in [-0.15, -0.1) is 0 Å². The van der Waals surface area contributed by atoms with Crippen LogP contribution < -0.4 is 0 Å². The summed E-state index contributed by atoms with van der Waals surface area (Å²) < 4.78 is 25.9. The minimum absolute atomic E-state index is 0.134. The molecule has 1 saturated heterocycles. The van der Waals surface area contributed by atoms with Crippen LogP contribution in [0.1, 0.15) is 19.8 Å². The van der Waals surface area contributed by atoms with E-state index in [1.54, 1.807) is 28.6 Å². The average Bonchev–Trinajstić information content (AvgIpc) is 2.66. The molecule has 2 rings (SSSR count). The zero-order valence-electron chi connectivity index (χ0n) is 8.76. The van der Waals surface area contributed by atoms with Crippen molar-refractivity contribution in [3.05, 3.63) is 30.3 Å². The van der Waals surface area contributed by atoms with Crippen LogP contribution in [-0.4, -0.2) is 25.3 Å². The van der Waals surface area contributed by atoms with Crippen LogP contribution in [0.5, 0.6) is 0 Å². The van der Waals surface area contributed by atoms with Crippen molar-refractivity contribution < 1.29 is 8.42 Å². The van der Waals surface area contributed by atoms with E-state index < -0.39 is 10.0 Å². The Bertz CT molecular complexity index is 427. The minimum Gasteiger partial charge on any atom is -0.207 e. The third-order valence-electron chi connectivity index (χ3n) is 2.84. The molecule has 1 heterocycles. The summed E-state index contributed by atoms with van der Waals surface area (Å²) in [7, 11) is -3.25. The van der Waals surface area contributed by atoms with E-state index in [1.165, 1.54) is 0 Å². The minimum atomic E-state index is -3.25. The van der Waals surface area contributed by atoms with Gasteiger partial charge in [0.1, 0.15) is 0 Å². The molecule has 1 atom stereocenters. The molecule has 0 saturated carbocycles. The molecule has 82 valence electrons. The van der Waals surface area contributed by atoms with Crippen molar-refractivity contribution in [2.45, 2.75) is 30.7 Å². The van der Waals surface area contributed by atoms with Crippen molar-refractivity contribution in [2.24, 2.45) is 0 Å². The SMILES string of the molecule is C[C@H]1CCCN1S(=O)(=O)c1ccccc1. The van der Waals surface area contributed by atoms with Crippen LogP contribution in [0.3, 0.4) is 0 Å². The maximum Gasteiger partial charge on any atom is 0.243 e. The Morgan fingerprint density at radius 3 is 2.47 bits per heavy atom. The first kappa shape index (κ1) is 10.6. The van der Waals surface area contributed by atoms with Gasteiger partial charge in [-0.3, -0.25) is 0 Å². The highest BCUT2D eigenvalue weighted by Crippen LogP contribution is 2.25. The van der Waals surface area contributed by atoms with Crippen LogP contribution >= 0.6 is 0 Å². The number of benzene rings is 1. The topological polar surface area (TPSA) is 37.4 Å². The van der Waals surface area contributed by atoms with E-state index in [0.29, 0.717) is 11.4 Å². The van der Waals surface area contributed by atoms with Gasteiger partial charge in [0.05, 0.1) is 4.90 Å². The van der Waals surface area contributed by atoms with E-state index in [4.69, 9.17) is 0 Å². The Labute approximate surface area is 90.8 Å². The number of hydrogen-bond donors (Lipinski definition) is 0. The van der Waals surface area contributed by atoms with Crippen molar-refractivity contribution in [2.75, 3.05) is 6.54 Å². The van der Waals surface area contributed by atoms with Crippen molar-refractivity contribution in [1.82, 2.24) is 4.31 Å². The molecule has 1 aromatic carbocycles. The van der Waals surface area contributed by atoms with Gasteiger partial charge in [-0.05, 0) is 31.9 Å². The molecule has 0 amide bonds. The van der Waals surface area contributed by atoms with Crippen LogP contribution in [0.2, 0.25) is 0 Å². The normalized spacial score (nSPS) is 23.1. The predicted octanol–water partition coefficient (Wildman–Crippen LogP) is 1.86. The van der Waals surface area contributed by atoms with Crippen LogP contribution in [0.4, 0.5) is 0 Å². The lowest BCUT2D eigenvalue weighted by Gasteiger charge is -2.20. The molecule has 3 nitrogen and oxygen atoms in total. The van der Waals surface area contributed by atoms with E-state index in [0.717, 1.165) is 12.8 Å². The molecule has 0 radical (unpaired) electrons. The molecule has 1 aromatic rings. The van der Waals surface area contributed by atoms with Crippen molar-refractivity contribution in [3.8, 4) is 0 Å². The van der Waals surface area contributed by atoms with Crippen LogP contribution in [-0.2, 0) is 10.0 Å². The molecule has 1 aliphatic heterocycles. The van der Waals surface area contributed by atoms with Gasteiger partial charge in [0.15, 0.2) is 0 Å². The molecule has 0 aliphatic carbocycles. The first-order valence-electron chi connectivity index (χ1n) is 5.19. The molecule has 1 aliphatic rings. The van der Waals surface area contributed by atoms with Gasteiger partial charge in [0.25, 0.3) is 0 Å². The molecule has 0 bridgehead atoms. The maximum atomic E-state index is 12.2. The predicted molar refractivity (Wildman–Crippen MR) is 59.0 cm³/mol. The fraction of sp³-hybridized carbons (Fsp3) is 0.455. The smallest absolute Gasteiger partial charge is 0.207 e. The molecule has 4 heteroatoms. The largest absolute Gasteiger partial charge is 0.243 e. The highest BCUT2D eigenvalue weighted by molar-refractivity contribution is 7.89. The number of sulfonamides is 1. The van der Waals surface area contributed by atoms with Crippen LogP contribution in [0.15, 0.2) is 35.2 Å². The van der Waals surface area contributed by atoms with Gasteiger partial charge in [-0.1, -0.05) is 18.2 Å². The van der Waals surface area contributed by atoms with E-state index in [9.17, 15) is 8.42 Å². The van der Waals surface area contributed by atoms with Gasteiger partial charge < -0.3 is 0 Å². The summed E-state index contributed by atoms with van der Waals surface area (Å²) in [5.41, 5.74) is 0. The quantitative estimate of drug-likeness (QED) is 0.770. The third-order valence-corrected chi connectivity index (χ3v) is 4.87. The molecule has 0 aromatic heterocycles. The molecular weight excluding hydrogens is 210 g/mol. The Balaban J connectivity index is 2.35. The standard InChI is InChI=1S/C11H15NO2S/c1-10-6-5-9-12(10)15(13,14)11-7-3-2-4-8-11/h2-4,7-8,10H,5-6,9H2,1H3/t10-/m0/s1. The summed E-state index contributed by atoms with van der Waals surface area (Å²) in [4.78, 5) is 0.402. The number of nitrogens with zero attached hydrogens (tertiary/aromatic N) is 1. The first-order chi connectivity index (χ1) is 7.12. The Kier molecular flexibility index (Phi) is 2.80. The summed E-state index contributed by atoms with van der Waals surface area (Å²) in [6, 6.07) is 8.78. The van der Waals surface area contributed by atoms with Gasteiger partial charge in [0, 0.05) is 12.6 Å². The van der Waals surface area contributed by atoms with Gasteiger partial charge >= 0.3 is 0 Å². The second kappa shape index (κ2) is 3.94. The lowest BCUT2D eigenvalue weighted by molar-refractivity contribution is 0.408. The molecule has 15 heavy (non-hydrogen) atoms. The van der Waals surface area contributed by atoms with E-state index >= 15 is 0 Å². The fourth-order valence-corrected chi connectivity index (χ4v) is 3.71. The first-order valence-corrected chi connectivity index (χ1v) is 6.63. The number of hydrogen-bond acceptors (Lipinski definition) is 2. The van der Waals surface area contributed by atoms with Crippen molar-refractivity contribution >= 4 is 10.0 Å². The average molecular weight is 225 g/mol. The van der Waals surface area contributed by atoms with E-state index in [-0.39, 0.29) is 6.04 Å². The summed E-state index contributed by atoms with van der Waals surface area (Å²) in [6.07, 6.45) is 1.93. The highest BCUT2D eigenvalue weighted by atomic mass is 32.2. The van der Waals surface area contributed by atoms with E-state index in [1.807, 2.05) is 13.0 Å². The lowest BCUT2D eigenvalue weighted by atomic mass is 10.3. The third kappa shape index (κ3) is 1.92. The lowest BCUT2D eigenvalue weighted by Crippen LogP contribution is -2.33. The summed E-state index contributed by atoms with van der Waals surface area (Å²) in [6.45, 7) is 2.62. The summed E-state index contributed by atoms with van der Waals surface area (Å²) in [5, 5.41) is 0. The molecule has 0 N–H and O–H groups in total.